The van der Waals surface area contributed by atoms with Crippen LogP contribution in [0.1, 0.15) is 44.3 Å². The minimum absolute atomic E-state index is 0.0821. The summed E-state index contributed by atoms with van der Waals surface area (Å²) in [5.41, 5.74) is 0.549. The maximum atomic E-state index is 12.8. The van der Waals surface area contributed by atoms with Gasteiger partial charge >= 0.3 is 11.9 Å². The highest BCUT2D eigenvalue weighted by Gasteiger charge is 2.65. The summed E-state index contributed by atoms with van der Waals surface area (Å²) in [5.74, 6) is -0.772. The fraction of sp³-hybridized carbons (Fsp3) is 0.684. The van der Waals surface area contributed by atoms with Crippen molar-refractivity contribution in [3.63, 3.8) is 0 Å². The molecule has 1 N–H and O–H groups in total. The molecular formula is C19H22O6. The topological polar surface area (TPSA) is 86.0 Å². The lowest BCUT2D eigenvalue weighted by molar-refractivity contribution is -0.198. The third-order valence-corrected chi connectivity index (χ3v) is 7.18. The number of aliphatic hydroxyl groups excluding tert-OH is 1. The molecule has 4 fully saturated rings. The van der Waals surface area contributed by atoms with Crippen molar-refractivity contribution in [2.45, 2.75) is 50.9 Å². The van der Waals surface area contributed by atoms with E-state index in [1.54, 1.807) is 12.5 Å². The molecular weight excluding hydrogens is 324 g/mol. The van der Waals surface area contributed by atoms with Crippen LogP contribution in [0.3, 0.4) is 0 Å². The number of rotatable bonds is 1. The Labute approximate surface area is 145 Å². The zero-order chi connectivity index (χ0) is 17.3. The van der Waals surface area contributed by atoms with Gasteiger partial charge in [0.2, 0.25) is 0 Å². The van der Waals surface area contributed by atoms with E-state index in [1.807, 2.05) is 6.07 Å². The van der Waals surface area contributed by atoms with E-state index < -0.39 is 6.10 Å². The third kappa shape index (κ3) is 2.06. The van der Waals surface area contributed by atoms with E-state index in [4.69, 9.17) is 13.9 Å². The summed E-state index contributed by atoms with van der Waals surface area (Å²) >= 11 is 0. The standard InChI is InChI=1S/C19H22O6/c1-19-7-15(9-2-3-23-8-9)25-18(22)13(19)6-14-16-11(17(21)24-14)4-10(20)5-12(16)19/h2-3,8,10-16,20H,4-7H2,1H3. The van der Waals surface area contributed by atoms with Gasteiger partial charge in [-0.1, -0.05) is 6.92 Å². The lowest BCUT2D eigenvalue weighted by Gasteiger charge is -2.56. The predicted octanol–water partition coefficient (Wildman–Crippen LogP) is 2.22. The third-order valence-electron chi connectivity index (χ3n) is 7.18. The smallest absolute Gasteiger partial charge is 0.310 e. The Kier molecular flexibility index (Phi) is 3.15. The summed E-state index contributed by atoms with van der Waals surface area (Å²) in [4.78, 5) is 25.1. The van der Waals surface area contributed by atoms with Gasteiger partial charge in [0.15, 0.2) is 0 Å². The van der Waals surface area contributed by atoms with Gasteiger partial charge in [0, 0.05) is 11.5 Å². The SMILES string of the molecule is CC12CC(c3ccoc3)OC(=O)C1CC1OC(=O)C3CC(O)CC2C13. The second-order valence-corrected chi connectivity index (χ2v) is 8.37. The first-order valence-corrected chi connectivity index (χ1v) is 9.08. The Bertz CT molecular complexity index is 712. The van der Waals surface area contributed by atoms with Crippen LogP contribution in [0.4, 0.5) is 0 Å². The molecule has 3 heterocycles. The number of carbonyl (C=O) groups excluding carboxylic acids is 2. The maximum absolute atomic E-state index is 12.8. The first-order chi connectivity index (χ1) is 12.0. The van der Waals surface area contributed by atoms with Crippen LogP contribution in [0.5, 0.6) is 0 Å². The molecule has 134 valence electrons. The average molecular weight is 346 g/mol. The molecule has 0 aromatic carbocycles. The molecule has 0 bridgehead atoms. The van der Waals surface area contributed by atoms with Crippen LogP contribution in [0.25, 0.3) is 0 Å². The van der Waals surface area contributed by atoms with Gasteiger partial charge in [0.05, 0.1) is 30.5 Å². The summed E-state index contributed by atoms with van der Waals surface area (Å²) in [5, 5.41) is 10.4. The normalized spacial score (nSPS) is 48.3. The van der Waals surface area contributed by atoms with E-state index in [0.717, 1.165) is 5.56 Å². The van der Waals surface area contributed by atoms with E-state index in [9.17, 15) is 14.7 Å². The second-order valence-electron chi connectivity index (χ2n) is 8.37. The van der Waals surface area contributed by atoms with Crippen molar-refractivity contribution in [2.24, 2.45) is 29.1 Å². The Morgan fingerprint density at radius 1 is 1.16 bits per heavy atom. The van der Waals surface area contributed by atoms with Crippen LogP contribution in [0.2, 0.25) is 0 Å². The van der Waals surface area contributed by atoms with E-state index in [-0.39, 0.29) is 53.2 Å². The summed E-state index contributed by atoms with van der Waals surface area (Å²) in [6.07, 6.45) is 4.45. The number of cyclic esters (lactones) is 1. The van der Waals surface area contributed by atoms with Crippen molar-refractivity contribution in [3.05, 3.63) is 24.2 Å². The van der Waals surface area contributed by atoms with Crippen LogP contribution >= 0.6 is 0 Å². The average Bonchev–Trinajstić information content (AvgIpc) is 3.19. The zero-order valence-electron chi connectivity index (χ0n) is 14.1. The van der Waals surface area contributed by atoms with Gasteiger partial charge in [-0.05, 0) is 43.1 Å². The number of carbonyl (C=O) groups is 2. The van der Waals surface area contributed by atoms with Gasteiger partial charge in [0.25, 0.3) is 0 Å². The summed E-state index contributed by atoms with van der Waals surface area (Å²) in [6, 6.07) is 1.83. The molecule has 25 heavy (non-hydrogen) atoms. The van der Waals surface area contributed by atoms with Gasteiger partial charge in [-0.15, -0.1) is 0 Å². The Balaban J connectivity index is 1.55. The highest BCUT2D eigenvalue weighted by atomic mass is 16.6. The molecule has 2 aliphatic carbocycles. The molecule has 0 radical (unpaired) electrons. The number of aliphatic hydroxyl groups is 1. The van der Waals surface area contributed by atoms with Crippen LogP contribution in [-0.4, -0.2) is 29.3 Å². The first-order valence-electron chi connectivity index (χ1n) is 9.08. The highest BCUT2D eigenvalue weighted by Crippen LogP contribution is 2.63. The molecule has 8 atom stereocenters. The zero-order valence-corrected chi connectivity index (χ0v) is 14.1. The van der Waals surface area contributed by atoms with Crippen LogP contribution in [0, 0.1) is 29.1 Å². The van der Waals surface area contributed by atoms with Gasteiger partial charge in [-0.3, -0.25) is 9.59 Å². The van der Waals surface area contributed by atoms with Gasteiger partial charge in [-0.2, -0.15) is 0 Å². The number of furan rings is 1. The number of hydrogen-bond donors (Lipinski definition) is 1. The second kappa shape index (κ2) is 5.10. The number of esters is 2. The molecule has 0 amide bonds. The molecule has 1 aromatic rings. The highest BCUT2D eigenvalue weighted by molar-refractivity contribution is 5.78. The van der Waals surface area contributed by atoms with Crippen LogP contribution in [0.15, 0.2) is 23.0 Å². The van der Waals surface area contributed by atoms with Crippen molar-refractivity contribution in [1.29, 1.82) is 0 Å². The lowest BCUT2D eigenvalue weighted by atomic mass is 9.49. The molecule has 2 saturated heterocycles. The molecule has 1 aromatic heterocycles. The number of fused-ring (bicyclic) bond motifs is 2. The van der Waals surface area contributed by atoms with E-state index >= 15 is 0 Å². The monoisotopic (exact) mass is 346 g/mol. The number of ether oxygens (including phenoxy) is 2. The van der Waals surface area contributed by atoms with Crippen molar-refractivity contribution < 1.29 is 28.6 Å². The molecule has 4 aliphatic rings. The van der Waals surface area contributed by atoms with Gasteiger partial charge in [0.1, 0.15) is 12.2 Å². The lowest BCUT2D eigenvalue weighted by Crippen LogP contribution is -2.57. The Morgan fingerprint density at radius 3 is 2.76 bits per heavy atom. The van der Waals surface area contributed by atoms with Gasteiger partial charge in [-0.25, -0.2) is 0 Å². The Hall–Kier alpha value is -1.82. The summed E-state index contributed by atoms with van der Waals surface area (Å²) < 4.78 is 16.5. The van der Waals surface area contributed by atoms with Crippen molar-refractivity contribution in [2.75, 3.05) is 0 Å². The van der Waals surface area contributed by atoms with Crippen molar-refractivity contribution in [3.8, 4) is 0 Å². The fourth-order valence-electron chi connectivity index (χ4n) is 6.00. The molecule has 0 spiro atoms. The minimum atomic E-state index is -0.515. The van der Waals surface area contributed by atoms with E-state index in [1.165, 1.54) is 0 Å². The maximum Gasteiger partial charge on any atom is 0.310 e. The first kappa shape index (κ1) is 15.4. The molecule has 8 unspecified atom stereocenters. The quantitative estimate of drug-likeness (QED) is 0.785. The van der Waals surface area contributed by atoms with Crippen molar-refractivity contribution in [1.82, 2.24) is 0 Å². The fourth-order valence-corrected chi connectivity index (χ4v) is 6.00. The Morgan fingerprint density at radius 2 is 2.00 bits per heavy atom. The summed E-state index contributed by atoms with van der Waals surface area (Å²) in [7, 11) is 0. The van der Waals surface area contributed by atoms with Crippen LogP contribution in [-0.2, 0) is 19.1 Å². The van der Waals surface area contributed by atoms with E-state index in [2.05, 4.69) is 6.92 Å². The van der Waals surface area contributed by atoms with E-state index in [0.29, 0.717) is 25.7 Å². The molecule has 6 heteroatoms. The van der Waals surface area contributed by atoms with Crippen LogP contribution < -0.4 is 0 Å². The summed E-state index contributed by atoms with van der Waals surface area (Å²) in [6.45, 7) is 2.13. The van der Waals surface area contributed by atoms with Gasteiger partial charge < -0.3 is 19.0 Å². The number of hydrogen-bond acceptors (Lipinski definition) is 6. The molecule has 5 rings (SSSR count). The minimum Gasteiger partial charge on any atom is -0.472 e. The molecule has 6 nitrogen and oxygen atoms in total. The molecule has 2 saturated carbocycles. The van der Waals surface area contributed by atoms with Crippen molar-refractivity contribution >= 4 is 11.9 Å². The predicted molar refractivity (Wildman–Crippen MR) is 84.0 cm³/mol. The molecule has 2 aliphatic heterocycles. The largest absolute Gasteiger partial charge is 0.472 e.